The van der Waals surface area contributed by atoms with Crippen molar-refractivity contribution < 1.29 is 0 Å². The van der Waals surface area contributed by atoms with Gasteiger partial charge in [0.25, 0.3) is 0 Å². The lowest BCUT2D eigenvalue weighted by molar-refractivity contribution is 0.794. The molecule has 0 saturated heterocycles. The standard InChI is InChI=1S/C11H13N3S2/c1-3-12-11-14(9(2)7-16-11)13-6-10-4-5-15-8-10/h4-8H,3H2,1-2H3. The van der Waals surface area contributed by atoms with Gasteiger partial charge in [0.05, 0.1) is 11.9 Å². The Bertz CT molecular complexity index is 532. The summed E-state index contributed by atoms with van der Waals surface area (Å²) in [5, 5.41) is 10.6. The van der Waals surface area contributed by atoms with Gasteiger partial charge < -0.3 is 0 Å². The number of nitrogens with zero attached hydrogens (tertiary/aromatic N) is 3. The molecule has 0 N–H and O–H groups in total. The molecule has 0 fully saturated rings. The van der Waals surface area contributed by atoms with Gasteiger partial charge in [-0.1, -0.05) is 0 Å². The van der Waals surface area contributed by atoms with Crippen molar-refractivity contribution in [1.82, 2.24) is 4.68 Å². The predicted molar refractivity (Wildman–Crippen MR) is 70.5 cm³/mol. The zero-order valence-corrected chi connectivity index (χ0v) is 10.9. The van der Waals surface area contributed by atoms with Gasteiger partial charge in [-0.15, -0.1) is 11.3 Å². The molecule has 0 saturated carbocycles. The van der Waals surface area contributed by atoms with Crippen LogP contribution in [-0.2, 0) is 0 Å². The smallest absolute Gasteiger partial charge is 0.205 e. The van der Waals surface area contributed by atoms with E-state index >= 15 is 0 Å². The molecule has 0 aliphatic heterocycles. The van der Waals surface area contributed by atoms with E-state index in [2.05, 4.69) is 20.9 Å². The number of aryl methyl sites for hydroxylation is 1. The van der Waals surface area contributed by atoms with Crippen molar-refractivity contribution in [3.63, 3.8) is 0 Å². The number of hydrogen-bond donors (Lipinski definition) is 0. The molecule has 2 aromatic rings. The average molecular weight is 251 g/mol. The van der Waals surface area contributed by atoms with Crippen LogP contribution in [-0.4, -0.2) is 17.4 Å². The Morgan fingerprint density at radius 2 is 2.31 bits per heavy atom. The third-order valence-electron chi connectivity index (χ3n) is 2.01. The molecule has 3 nitrogen and oxygen atoms in total. The zero-order valence-electron chi connectivity index (χ0n) is 9.25. The lowest BCUT2D eigenvalue weighted by Gasteiger charge is -1.95. The Morgan fingerprint density at radius 3 is 3.00 bits per heavy atom. The van der Waals surface area contributed by atoms with Crippen molar-refractivity contribution in [1.29, 1.82) is 0 Å². The number of hydrogen-bond acceptors (Lipinski definition) is 4. The summed E-state index contributed by atoms with van der Waals surface area (Å²) < 4.78 is 1.88. The van der Waals surface area contributed by atoms with Crippen LogP contribution in [0.25, 0.3) is 0 Å². The van der Waals surface area contributed by atoms with Gasteiger partial charge in [0.1, 0.15) is 0 Å². The van der Waals surface area contributed by atoms with E-state index in [-0.39, 0.29) is 0 Å². The van der Waals surface area contributed by atoms with Crippen molar-refractivity contribution in [2.45, 2.75) is 13.8 Å². The second-order valence-electron chi connectivity index (χ2n) is 3.25. The van der Waals surface area contributed by atoms with E-state index in [1.165, 1.54) is 0 Å². The van der Waals surface area contributed by atoms with Crippen LogP contribution in [0, 0.1) is 6.92 Å². The molecule has 84 valence electrons. The maximum Gasteiger partial charge on any atom is 0.205 e. The highest BCUT2D eigenvalue weighted by Crippen LogP contribution is 2.04. The number of thiazole rings is 1. The van der Waals surface area contributed by atoms with Crippen LogP contribution >= 0.6 is 22.7 Å². The molecule has 0 unspecified atom stereocenters. The molecular weight excluding hydrogens is 238 g/mol. The first-order valence-corrected chi connectivity index (χ1v) is 6.87. The fourth-order valence-electron chi connectivity index (χ4n) is 1.24. The number of thiophene rings is 1. The zero-order chi connectivity index (χ0) is 11.4. The molecule has 2 heterocycles. The number of aromatic nitrogens is 1. The fraction of sp³-hybridized carbons (Fsp3) is 0.273. The first-order valence-electron chi connectivity index (χ1n) is 5.05. The molecule has 2 aromatic heterocycles. The molecule has 0 spiro atoms. The van der Waals surface area contributed by atoms with Gasteiger partial charge in [-0.25, -0.2) is 4.68 Å². The van der Waals surface area contributed by atoms with Gasteiger partial charge in [0.15, 0.2) is 0 Å². The molecule has 0 amide bonds. The quantitative estimate of drug-likeness (QED) is 0.751. The fourth-order valence-corrected chi connectivity index (χ4v) is 2.72. The molecule has 0 aliphatic rings. The van der Waals surface area contributed by atoms with Crippen LogP contribution in [0.2, 0.25) is 0 Å². The molecule has 2 rings (SSSR count). The van der Waals surface area contributed by atoms with Crippen LogP contribution in [0.4, 0.5) is 0 Å². The Balaban J connectivity index is 2.34. The highest BCUT2D eigenvalue weighted by molar-refractivity contribution is 7.08. The average Bonchev–Trinajstić information content (AvgIpc) is 2.88. The van der Waals surface area contributed by atoms with Crippen LogP contribution < -0.4 is 4.80 Å². The molecule has 0 bridgehead atoms. The SMILES string of the molecule is CCN=c1scc(C)n1N=Cc1ccsc1. The molecular formula is C11H13N3S2. The van der Waals surface area contributed by atoms with Crippen LogP contribution in [0.5, 0.6) is 0 Å². The van der Waals surface area contributed by atoms with Crippen molar-refractivity contribution >= 4 is 28.9 Å². The molecule has 5 heteroatoms. The van der Waals surface area contributed by atoms with E-state index < -0.39 is 0 Å². The molecule has 0 radical (unpaired) electrons. The third-order valence-corrected chi connectivity index (χ3v) is 3.68. The van der Waals surface area contributed by atoms with Gasteiger partial charge in [-0.05, 0) is 30.7 Å². The predicted octanol–water partition coefficient (Wildman–Crippen LogP) is 2.72. The largest absolute Gasteiger partial charge is 0.258 e. The minimum Gasteiger partial charge on any atom is -0.258 e. The highest BCUT2D eigenvalue weighted by atomic mass is 32.1. The Morgan fingerprint density at radius 1 is 1.44 bits per heavy atom. The molecule has 16 heavy (non-hydrogen) atoms. The lowest BCUT2D eigenvalue weighted by atomic mass is 10.4. The normalized spacial score (nSPS) is 12.8. The summed E-state index contributed by atoms with van der Waals surface area (Å²) >= 11 is 3.30. The first-order chi connectivity index (χ1) is 7.81. The highest BCUT2D eigenvalue weighted by Gasteiger charge is 1.97. The summed E-state index contributed by atoms with van der Waals surface area (Å²) in [6, 6.07) is 2.05. The summed E-state index contributed by atoms with van der Waals surface area (Å²) in [5.41, 5.74) is 2.24. The van der Waals surface area contributed by atoms with Gasteiger partial charge in [-0.3, -0.25) is 4.99 Å². The second kappa shape index (κ2) is 5.23. The maximum absolute atomic E-state index is 4.44. The molecule has 0 atom stereocenters. The maximum atomic E-state index is 4.44. The summed E-state index contributed by atoms with van der Waals surface area (Å²) in [4.78, 5) is 5.35. The van der Waals surface area contributed by atoms with Gasteiger partial charge in [0, 0.05) is 17.5 Å². The summed E-state index contributed by atoms with van der Waals surface area (Å²) in [7, 11) is 0. The second-order valence-corrected chi connectivity index (χ2v) is 4.86. The first kappa shape index (κ1) is 11.3. The minimum absolute atomic E-state index is 0.786. The third kappa shape index (κ3) is 2.48. The molecule has 0 aromatic carbocycles. The van der Waals surface area contributed by atoms with Crippen molar-refractivity contribution in [2.24, 2.45) is 10.1 Å². The van der Waals surface area contributed by atoms with Gasteiger partial charge in [-0.2, -0.15) is 16.4 Å². The van der Waals surface area contributed by atoms with E-state index in [0.717, 1.165) is 22.6 Å². The van der Waals surface area contributed by atoms with Crippen molar-refractivity contribution in [3.05, 3.63) is 38.3 Å². The lowest BCUT2D eigenvalue weighted by Crippen LogP contribution is -2.12. The van der Waals surface area contributed by atoms with E-state index in [1.807, 2.05) is 36.2 Å². The molecule has 0 aliphatic carbocycles. The van der Waals surface area contributed by atoms with Crippen molar-refractivity contribution in [3.8, 4) is 0 Å². The van der Waals surface area contributed by atoms with Crippen molar-refractivity contribution in [2.75, 3.05) is 6.54 Å². The summed E-state index contributed by atoms with van der Waals surface area (Å²) in [6.07, 6.45) is 1.87. The topological polar surface area (TPSA) is 29.6 Å². The van der Waals surface area contributed by atoms with E-state index in [0.29, 0.717) is 0 Å². The van der Waals surface area contributed by atoms with Gasteiger partial charge in [0.2, 0.25) is 4.80 Å². The minimum atomic E-state index is 0.786. The van der Waals surface area contributed by atoms with E-state index in [9.17, 15) is 0 Å². The Hall–Kier alpha value is -1.20. The summed E-state index contributed by atoms with van der Waals surface area (Å²) in [6.45, 7) is 4.85. The number of rotatable bonds is 3. The Kier molecular flexibility index (Phi) is 3.69. The van der Waals surface area contributed by atoms with Crippen LogP contribution in [0.1, 0.15) is 18.2 Å². The monoisotopic (exact) mass is 251 g/mol. The van der Waals surface area contributed by atoms with E-state index in [1.54, 1.807) is 22.7 Å². The Labute approximate surface area is 102 Å². The summed E-state index contributed by atoms with van der Waals surface area (Å²) in [5.74, 6) is 0. The van der Waals surface area contributed by atoms with Crippen LogP contribution in [0.3, 0.4) is 0 Å². The van der Waals surface area contributed by atoms with Gasteiger partial charge >= 0.3 is 0 Å². The van der Waals surface area contributed by atoms with Crippen LogP contribution in [0.15, 0.2) is 32.3 Å². The van der Waals surface area contributed by atoms with E-state index in [4.69, 9.17) is 0 Å².